The number of aromatic amines is 1. The summed E-state index contributed by atoms with van der Waals surface area (Å²) in [6.07, 6.45) is 0. The van der Waals surface area contributed by atoms with E-state index in [2.05, 4.69) is 9.97 Å². The van der Waals surface area contributed by atoms with Crippen LogP contribution in [0.4, 0.5) is 5.82 Å². The first-order valence-corrected chi connectivity index (χ1v) is 5.83. The van der Waals surface area contributed by atoms with Crippen molar-refractivity contribution in [2.75, 3.05) is 32.6 Å². The Morgan fingerprint density at radius 2 is 2.00 bits per heavy atom. The Balaban J connectivity index is 2.95. The van der Waals surface area contributed by atoms with Crippen LogP contribution in [0.2, 0.25) is 0 Å². The summed E-state index contributed by atoms with van der Waals surface area (Å²) in [5.41, 5.74) is -0.201. The van der Waals surface area contributed by atoms with Crippen molar-refractivity contribution in [3.05, 3.63) is 22.2 Å². The minimum atomic E-state index is -0.201. The Kier molecular flexibility index (Phi) is 4.47. The van der Waals surface area contributed by atoms with Crippen molar-refractivity contribution in [3.63, 3.8) is 0 Å². The first-order chi connectivity index (χ1) is 8.31. The van der Waals surface area contributed by atoms with E-state index in [1.165, 1.54) is 11.0 Å². The lowest BCUT2D eigenvalue weighted by Gasteiger charge is -2.20. The second-order valence-electron chi connectivity index (χ2n) is 4.79. The molecule has 1 aromatic heterocycles. The van der Waals surface area contributed by atoms with Gasteiger partial charge in [-0.15, -0.1) is 0 Å². The number of hydrogen-bond donors (Lipinski definition) is 1. The van der Waals surface area contributed by atoms with Crippen LogP contribution in [0.15, 0.2) is 10.9 Å². The molecule has 0 unspecified atom stereocenters. The van der Waals surface area contributed by atoms with Gasteiger partial charge in [0.25, 0.3) is 5.56 Å². The van der Waals surface area contributed by atoms with Crippen LogP contribution in [0.5, 0.6) is 0 Å². The Morgan fingerprint density at radius 3 is 2.50 bits per heavy atom. The van der Waals surface area contributed by atoms with Gasteiger partial charge in [0, 0.05) is 33.1 Å². The van der Waals surface area contributed by atoms with Crippen LogP contribution >= 0.6 is 0 Å². The fraction of sp³-hybridized carbons (Fsp3) is 0.583. The Bertz CT molecular complexity index is 479. The Morgan fingerprint density at radius 1 is 1.39 bits per heavy atom. The van der Waals surface area contributed by atoms with Gasteiger partial charge < -0.3 is 14.8 Å². The zero-order valence-electron chi connectivity index (χ0n) is 11.5. The molecule has 0 bridgehead atoms. The maximum Gasteiger partial charge on any atom is 0.252 e. The summed E-state index contributed by atoms with van der Waals surface area (Å²) >= 11 is 0. The fourth-order valence-corrected chi connectivity index (χ4v) is 1.36. The zero-order valence-corrected chi connectivity index (χ0v) is 11.5. The summed E-state index contributed by atoms with van der Waals surface area (Å²) in [4.78, 5) is 33.3. The number of rotatable bonds is 4. The number of nitrogens with zero attached hydrogens (tertiary/aromatic N) is 3. The quantitative estimate of drug-likeness (QED) is 0.843. The number of carbonyl (C=O) groups excluding carboxylic acids is 1. The lowest BCUT2D eigenvalue weighted by molar-refractivity contribution is -0.127. The number of H-pyrrole nitrogens is 1. The maximum absolute atomic E-state index is 11.6. The van der Waals surface area contributed by atoms with Crippen LogP contribution in [0.3, 0.4) is 0 Å². The van der Waals surface area contributed by atoms with E-state index in [1.807, 2.05) is 13.8 Å². The monoisotopic (exact) mass is 252 g/mol. The molecule has 0 spiro atoms. The molecule has 1 rings (SSSR count). The van der Waals surface area contributed by atoms with Gasteiger partial charge in [-0.3, -0.25) is 9.59 Å². The van der Waals surface area contributed by atoms with Gasteiger partial charge in [0.15, 0.2) is 0 Å². The zero-order chi connectivity index (χ0) is 13.9. The third kappa shape index (κ3) is 3.58. The number of anilines is 1. The first-order valence-electron chi connectivity index (χ1n) is 5.83. The largest absolute Gasteiger partial charge is 0.350 e. The predicted molar refractivity (Wildman–Crippen MR) is 70.9 cm³/mol. The molecule has 1 heterocycles. The highest BCUT2D eigenvalue weighted by atomic mass is 16.2. The van der Waals surface area contributed by atoms with E-state index in [0.29, 0.717) is 11.6 Å². The molecule has 0 aliphatic heterocycles. The molecule has 0 radical (unpaired) electrons. The van der Waals surface area contributed by atoms with E-state index in [-0.39, 0.29) is 23.9 Å². The summed E-state index contributed by atoms with van der Waals surface area (Å²) in [7, 11) is 5.13. The number of hydrogen-bond acceptors (Lipinski definition) is 4. The molecule has 6 nitrogen and oxygen atoms in total. The Hall–Kier alpha value is -1.85. The van der Waals surface area contributed by atoms with Crippen LogP contribution in [0.25, 0.3) is 0 Å². The molecule has 1 aromatic rings. The van der Waals surface area contributed by atoms with Crippen molar-refractivity contribution in [1.29, 1.82) is 0 Å². The molecule has 0 aromatic carbocycles. The Labute approximate surface area is 107 Å². The van der Waals surface area contributed by atoms with Gasteiger partial charge in [0.2, 0.25) is 5.91 Å². The molecule has 0 aliphatic carbocycles. The van der Waals surface area contributed by atoms with E-state index in [1.54, 1.807) is 26.0 Å². The van der Waals surface area contributed by atoms with Crippen molar-refractivity contribution in [1.82, 2.24) is 14.9 Å². The molecule has 0 saturated carbocycles. The number of amides is 1. The van der Waals surface area contributed by atoms with Crippen LogP contribution in [0.1, 0.15) is 25.6 Å². The highest BCUT2D eigenvalue weighted by molar-refractivity contribution is 5.80. The number of carbonyl (C=O) groups is 1. The first kappa shape index (κ1) is 14.2. The normalized spacial score (nSPS) is 10.6. The molecule has 6 heteroatoms. The van der Waals surface area contributed by atoms with Gasteiger partial charge in [-0.1, -0.05) is 13.8 Å². The average molecular weight is 252 g/mol. The molecular formula is C12H20N4O2. The molecule has 0 fully saturated rings. The lowest BCUT2D eigenvalue weighted by Crippen LogP contribution is -2.35. The van der Waals surface area contributed by atoms with E-state index in [0.717, 1.165) is 0 Å². The van der Waals surface area contributed by atoms with Crippen LogP contribution in [-0.4, -0.2) is 48.5 Å². The number of nitrogens with one attached hydrogen (secondary N) is 1. The van der Waals surface area contributed by atoms with Crippen molar-refractivity contribution in [3.8, 4) is 0 Å². The minimum Gasteiger partial charge on any atom is -0.350 e. The van der Waals surface area contributed by atoms with E-state index < -0.39 is 0 Å². The van der Waals surface area contributed by atoms with Gasteiger partial charge in [0.05, 0.1) is 6.54 Å². The lowest BCUT2D eigenvalue weighted by atomic mass is 10.2. The van der Waals surface area contributed by atoms with Crippen molar-refractivity contribution < 1.29 is 4.79 Å². The smallest absolute Gasteiger partial charge is 0.252 e. The maximum atomic E-state index is 11.6. The number of aromatic nitrogens is 2. The molecule has 0 atom stereocenters. The number of likely N-dealkylation sites (N-methyl/N-ethyl adjacent to an activating group) is 2. The van der Waals surface area contributed by atoms with Gasteiger partial charge in [-0.25, -0.2) is 4.98 Å². The molecule has 18 heavy (non-hydrogen) atoms. The third-order valence-corrected chi connectivity index (χ3v) is 2.56. The summed E-state index contributed by atoms with van der Waals surface area (Å²) in [6.45, 7) is 4.10. The molecule has 1 amide bonds. The average Bonchev–Trinajstić information content (AvgIpc) is 2.27. The summed E-state index contributed by atoms with van der Waals surface area (Å²) in [5, 5.41) is 0. The highest BCUT2D eigenvalue weighted by Gasteiger charge is 2.12. The summed E-state index contributed by atoms with van der Waals surface area (Å²) in [6, 6.07) is 1.40. The molecule has 0 aliphatic rings. The van der Waals surface area contributed by atoms with Gasteiger partial charge in [-0.2, -0.15) is 0 Å². The minimum absolute atomic E-state index is 0.0364. The standard InChI is InChI=1S/C12H20N4O2/c1-8(2)12-13-9(6-10(17)14-12)16(5)7-11(18)15(3)4/h6,8H,7H2,1-5H3,(H,13,14,17). The van der Waals surface area contributed by atoms with Gasteiger partial charge in [0.1, 0.15) is 11.6 Å². The van der Waals surface area contributed by atoms with Crippen LogP contribution in [0, 0.1) is 0 Å². The van der Waals surface area contributed by atoms with Crippen molar-refractivity contribution in [2.45, 2.75) is 19.8 Å². The van der Waals surface area contributed by atoms with Gasteiger partial charge in [-0.05, 0) is 0 Å². The van der Waals surface area contributed by atoms with Crippen LogP contribution in [-0.2, 0) is 4.79 Å². The summed E-state index contributed by atoms with van der Waals surface area (Å²) < 4.78 is 0. The van der Waals surface area contributed by atoms with E-state index >= 15 is 0 Å². The second-order valence-corrected chi connectivity index (χ2v) is 4.79. The predicted octanol–water partition coefficient (Wildman–Crippen LogP) is 0.418. The fourth-order valence-electron chi connectivity index (χ4n) is 1.36. The van der Waals surface area contributed by atoms with E-state index in [9.17, 15) is 9.59 Å². The summed E-state index contributed by atoms with van der Waals surface area (Å²) in [5.74, 6) is 1.24. The van der Waals surface area contributed by atoms with E-state index in [4.69, 9.17) is 0 Å². The SMILES string of the molecule is CC(C)c1nc(N(C)CC(=O)N(C)C)cc(=O)[nH]1. The molecule has 1 N–H and O–H groups in total. The molecular weight excluding hydrogens is 232 g/mol. The molecule has 100 valence electrons. The van der Waals surface area contributed by atoms with Crippen molar-refractivity contribution >= 4 is 11.7 Å². The second kappa shape index (κ2) is 5.66. The highest BCUT2D eigenvalue weighted by Crippen LogP contribution is 2.11. The topological polar surface area (TPSA) is 69.3 Å². The van der Waals surface area contributed by atoms with Gasteiger partial charge >= 0.3 is 0 Å². The van der Waals surface area contributed by atoms with Crippen molar-refractivity contribution in [2.24, 2.45) is 0 Å². The third-order valence-electron chi connectivity index (χ3n) is 2.56. The molecule has 0 saturated heterocycles. The van der Waals surface area contributed by atoms with Crippen LogP contribution < -0.4 is 10.5 Å².